The molecule has 3 heteroatoms. The molecular weight excluding hydrogens is 307 g/mol. The maximum atomic E-state index is 13.3. The summed E-state index contributed by atoms with van der Waals surface area (Å²) >= 11 is 3.41. The topological polar surface area (TPSA) is 17.1 Å². The van der Waals surface area contributed by atoms with Gasteiger partial charge in [-0.1, -0.05) is 15.9 Å². The van der Waals surface area contributed by atoms with Crippen LogP contribution in [-0.2, 0) is 0 Å². The van der Waals surface area contributed by atoms with Crippen LogP contribution in [0.3, 0.4) is 0 Å². The molecule has 2 aromatic rings. The first-order chi connectivity index (χ1) is 8.90. The van der Waals surface area contributed by atoms with Crippen molar-refractivity contribution in [1.29, 1.82) is 0 Å². The Morgan fingerprint density at radius 2 is 1.58 bits per heavy atom. The Morgan fingerprint density at radius 1 is 1.00 bits per heavy atom. The second kappa shape index (κ2) is 5.25. The summed E-state index contributed by atoms with van der Waals surface area (Å²) in [5, 5.41) is 0. The number of hydrogen-bond donors (Lipinski definition) is 0. The van der Waals surface area contributed by atoms with Crippen molar-refractivity contribution in [2.24, 2.45) is 0 Å². The van der Waals surface area contributed by atoms with Crippen LogP contribution in [0.4, 0.5) is 4.39 Å². The van der Waals surface area contributed by atoms with Gasteiger partial charge in [0.05, 0.1) is 0 Å². The summed E-state index contributed by atoms with van der Waals surface area (Å²) in [6.07, 6.45) is 0. The van der Waals surface area contributed by atoms with Crippen LogP contribution in [-0.4, -0.2) is 5.78 Å². The maximum Gasteiger partial charge on any atom is 0.193 e. The Balaban J connectivity index is 2.53. The van der Waals surface area contributed by atoms with Crippen LogP contribution in [0.15, 0.2) is 34.8 Å². The highest BCUT2D eigenvalue weighted by atomic mass is 79.9. The Bertz CT molecular complexity index is 639. The molecule has 19 heavy (non-hydrogen) atoms. The molecule has 0 atom stereocenters. The van der Waals surface area contributed by atoms with E-state index in [1.807, 2.05) is 19.1 Å². The van der Waals surface area contributed by atoms with Crippen LogP contribution >= 0.6 is 15.9 Å². The lowest BCUT2D eigenvalue weighted by Gasteiger charge is -2.10. The molecule has 0 amide bonds. The molecule has 0 aliphatic rings. The van der Waals surface area contributed by atoms with Crippen LogP contribution in [0, 0.1) is 26.6 Å². The van der Waals surface area contributed by atoms with Crippen LogP contribution in [0.5, 0.6) is 0 Å². The summed E-state index contributed by atoms with van der Waals surface area (Å²) in [4.78, 5) is 12.5. The van der Waals surface area contributed by atoms with Gasteiger partial charge in [-0.2, -0.15) is 0 Å². The molecule has 0 N–H and O–H groups in total. The van der Waals surface area contributed by atoms with Gasteiger partial charge in [-0.25, -0.2) is 4.39 Å². The fraction of sp³-hybridized carbons (Fsp3) is 0.188. The number of halogens is 2. The number of aryl methyl sites for hydroxylation is 3. The van der Waals surface area contributed by atoms with E-state index in [0.29, 0.717) is 22.3 Å². The molecule has 0 fully saturated rings. The van der Waals surface area contributed by atoms with Gasteiger partial charge in [0.15, 0.2) is 5.78 Å². The third-order valence-electron chi connectivity index (χ3n) is 3.14. The molecule has 2 rings (SSSR count). The minimum atomic E-state index is -0.307. The molecule has 0 radical (unpaired) electrons. The summed E-state index contributed by atoms with van der Waals surface area (Å²) in [6, 6.07) is 8.27. The highest BCUT2D eigenvalue weighted by Gasteiger charge is 2.16. The fourth-order valence-electron chi connectivity index (χ4n) is 2.20. The van der Waals surface area contributed by atoms with Gasteiger partial charge in [0, 0.05) is 15.6 Å². The Morgan fingerprint density at radius 3 is 2.11 bits per heavy atom. The standard InChI is InChI=1S/C16H14BrFO/c1-9-6-12(4-5-14(9)17)16(19)15-10(2)7-13(18)8-11(15)3/h4-8H,1-3H3. The van der Waals surface area contributed by atoms with E-state index in [0.717, 1.165) is 10.0 Å². The zero-order chi connectivity index (χ0) is 14.2. The molecule has 0 bridgehead atoms. The molecule has 2 aromatic carbocycles. The van der Waals surface area contributed by atoms with Crippen molar-refractivity contribution < 1.29 is 9.18 Å². The van der Waals surface area contributed by atoms with Gasteiger partial charge < -0.3 is 0 Å². The Kier molecular flexibility index (Phi) is 3.85. The summed E-state index contributed by atoms with van der Waals surface area (Å²) < 4.78 is 14.2. The summed E-state index contributed by atoms with van der Waals surface area (Å²) in [5.41, 5.74) is 3.55. The van der Waals surface area contributed by atoms with Gasteiger partial charge >= 0.3 is 0 Å². The highest BCUT2D eigenvalue weighted by molar-refractivity contribution is 9.10. The number of ketones is 1. The average Bonchev–Trinajstić information content (AvgIpc) is 2.31. The molecule has 0 spiro atoms. The number of benzene rings is 2. The first kappa shape index (κ1) is 13.9. The third-order valence-corrected chi connectivity index (χ3v) is 4.03. The van der Waals surface area contributed by atoms with Crippen LogP contribution < -0.4 is 0 Å². The molecule has 0 saturated carbocycles. The van der Waals surface area contributed by atoms with Crippen molar-refractivity contribution in [2.75, 3.05) is 0 Å². The molecule has 0 aliphatic carbocycles. The smallest absolute Gasteiger partial charge is 0.193 e. The van der Waals surface area contributed by atoms with Crippen molar-refractivity contribution in [1.82, 2.24) is 0 Å². The van der Waals surface area contributed by atoms with Crippen LogP contribution in [0.2, 0.25) is 0 Å². The van der Waals surface area contributed by atoms with E-state index >= 15 is 0 Å². The Hall–Kier alpha value is -1.48. The zero-order valence-electron chi connectivity index (χ0n) is 11.1. The van der Waals surface area contributed by atoms with Gasteiger partial charge in [0.1, 0.15) is 5.82 Å². The number of hydrogen-bond acceptors (Lipinski definition) is 1. The lowest BCUT2D eigenvalue weighted by Crippen LogP contribution is -2.07. The lowest BCUT2D eigenvalue weighted by atomic mass is 9.94. The van der Waals surface area contributed by atoms with Gasteiger partial charge in [-0.15, -0.1) is 0 Å². The van der Waals surface area contributed by atoms with E-state index in [4.69, 9.17) is 0 Å². The van der Waals surface area contributed by atoms with Gasteiger partial charge in [0.25, 0.3) is 0 Å². The van der Waals surface area contributed by atoms with Crippen molar-refractivity contribution in [2.45, 2.75) is 20.8 Å². The monoisotopic (exact) mass is 320 g/mol. The fourth-order valence-corrected chi connectivity index (χ4v) is 2.45. The van der Waals surface area contributed by atoms with Crippen molar-refractivity contribution in [3.8, 4) is 0 Å². The van der Waals surface area contributed by atoms with E-state index in [9.17, 15) is 9.18 Å². The summed E-state index contributed by atoms with van der Waals surface area (Å²) in [5.74, 6) is -0.371. The summed E-state index contributed by atoms with van der Waals surface area (Å²) in [6.45, 7) is 5.45. The molecule has 0 aromatic heterocycles. The molecule has 1 nitrogen and oxygen atoms in total. The predicted octanol–water partition coefficient (Wildman–Crippen LogP) is 4.74. The maximum absolute atomic E-state index is 13.3. The number of carbonyl (C=O) groups excluding carboxylic acids is 1. The molecule has 98 valence electrons. The second-order valence-electron chi connectivity index (χ2n) is 4.71. The van der Waals surface area contributed by atoms with E-state index in [2.05, 4.69) is 15.9 Å². The first-order valence-corrected chi connectivity index (χ1v) is 6.77. The van der Waals surface area contributed by atoms with Gasteiger partial charge in [-0.05, 0) is 67.8 Å². The van der Waals surface area contributed by atoms with E-state index in [-0.39, 0.29) is 11.6 Å². The van der Waals surface area contributed by atoms with Gasteiger partial charge in [0.2, 0.25) is 0 Å². The average molecular weight is 321 g/mol. The molecule has 0 heterocycles. The lowest BCUT2D eigenvalue weighted by molar-refractivity contribution is 0.103. The minimum absolute atomic E-state index is 0.0643. The molecule has 0 unspecified atom stereocenters. The van der Waals surface area contributed by atoms with Crippen LogP contribution in [0.25, 0.3) is 0 Å². The van der Waals surface area contributed by atoms with Crippen molar-refractivity contribution >= 4 is 21.7 Å². The third kappa shape index (κ3) is 2.76. The molecule has 0 saturated heterocycles. The Labute approximate surface area is 120 Å². The largest absolute Gasteiger partial charge is 0.289 e. The molecular formula is C16H14BrFO. The van der Waals surface area contributed by atoms with Crippen LogP contribution in [0.1, 0.15) is 32.6 Å². The van der Waals surface area contributed by atoms with Crippen molar-refractivity contribution in [3.05, 3.63) is 68.4 Å². The second-order valence-corrected chi connectivity index (χ2v) is 5.56. The quantitative estimate of drug-likeness (QED) is 0.730. The highest BCUT2D eigenvalue weighted by Crippen LogP contribution is 2.23. The SMILES string of the molecule is Cc1cc(C(=O)c2c(C)cc(F)cc2C)ccc1Br. The van der Waals surface area contributed by atoms with E-state index in [1.165, 1.54) is 12.1 Å². The predicted molar refractivity (Wildman–Crippen MR) is 78.2 cm³/mol. The normalized spacial score (nSPS) is 10.6. The number of rotatable bonds is 2. The summed E-state index contributed by atoms with van der Waals surface area (Å²) in [7, 11) is 0. The van der Waals surface area contributed by atoms with Gasteiger partial charge in [-0.3, -0.25) is 4.79 Å². The van der Waals surface area contributed by atoms with Crippen molar-refractivity contribution in [3.63, 3.8) is 0 Å². The number of carbonyl (C=O) groups is 1. The molecule has 0 aliphatic heterocycles. The van der Waals surface area contributed by atoms with E-state index in [1.54, 1.807) is 19.9 Å². The first-order valence-electron chi connectivity index (χ1n) is 5.97. The minimum Gasteiger partial charge on any atom is -0.289 e. The zero-order valence-corrected chi connectivity index (χ0v) is 12.6. The van der Waals surface area contributed by atoms with E-state index < -0.39 is 0 Å².